The van der Waals surface area contributed by atoms with E-state index in [2.05, 4.69) is 138 Å². The number of amides is 4. The van der Waals surface area contributed by atoms with Crippen molar-refractivity contribution in [1.29, 1.82) is 0 Å². The Kier molecular flexibility index (Phi) is 29.1. The van der Waals surface area contributed by atoms with Crippen molar-refractivity contribution in [1.82, 2.24) is 75.5 Å². The highest BCUT2D eigenvalue weighted by Gasteiger charge is 2.32. The number of aromatic nitrogens is 8. The van der Waals surface area contributed by atoms with Crippen molar-refractivity contribution < 1.29 is 43.3 Å². The fourth-order valence-corrected chi connectivity index (χ4v) is 15.2. The number of anilines is 2. The largest absolute Gasteiger partial charge is 0.478 e. The van der Waals surface area contributed by atoms with Gasteiger partial charge in [-0.15, -0.1) is 0 Å². The van der Waals surface area contributed by atoms with E-state index in [-0.39, 0.29) is 60.6 Å². The lowest BCUT2D eigenvalue weighted by atomic mass is 10.0. The molecule has 9 N–H and O–H groups in total. The average molecular weight is 1580 g/mol. The van der Waals surface area contributed by atoms with Crippen LogP contribution in [0.15, 0.2) is 146 Å². The minimum Gasteiger partial charge on any atom is -0.478 e. The van der Waals surface area contributed by atoms with Gasteiger partial charge in [-0.25, -0.2) is 28.9 Å². The molecule has 10 aromatic rings. The second kappa shape index (κ2) is 40.0. The molecule has 4 fully saturated rings. The molecule has 0 bridgehead atoms. The van der Waals surface area contributed by atoms with E-state index in [1.165, 1.54) is 23.3 Å². The SMILES string of the molecule is CCc1nc2c(cnn2CC)c(NC2CCOCC2)c1CNC(=O)c1cccc(C(=O)NCc2ccnc(-c3cccc(CN4CCN[C@@H](C)C4)c3)c2)c1.CCc1nc2c(cnn2CC)c(NC2CCOCC2)c1CNC(=O)c1cccc(C(=O)O)c1.C[C@H]1CN(Cc2cccc(-c3cc(CN)ccn3)c2)CCN1C(=O)OC(C)(C)C. The van der Waals surface area contributed by atoms with E-state index in [1.807, 2.05) is 91.7 Å². The van der Waals surface area contributed by atoms with Crippen LogP contribution in [0.2, 0.25) is 0 Å². The monoisotopic (exact) mass is 1580 g/mol. The summed E-state index contributed by atoms with van der Waals surface area (Å²) in [5.74, 6) is -1.92. The van der Waals surface area contributed by atoms with Crippen molar-refractivity contribution in [2.75, 3.05) is 76.3 Å². The Hall–Kier alpha value is -11.1. The summed E-state index contributed by atoms with van der Waals surface area (Å²) in [7, 11) is 0. The summed E-state index contributed by atoms with van der Waals surface area (Å²) in [4.78, 5) is 89.1. The summed E-state index contributed by atoms with van der Waals surface area (Å²) in [5, 5.41) is 40.2. The Morgan fingerprint density at radius 2 is 1.03 bits per heavy atom. The maximum atomic E-state index is 13.6. The third kappa shape index (κ3) is 22.1. The van der Waals surface area contributed by atoms with E-state index in [1.54, 1.807) is 42.6 Å². The van der Waals surface area contributed by atoms with Gasteiger partial charge < -0.3 is 61.9 Å². The van der Waals surface area contributed by atoms with Crippen molar-refractivity contribution in [2.45, 2.75) is 183 Å². The quantitative estimate of drug-likeness (QED) is 0.0263. The van der Waals surface area contributed by atoms with E-state index < -0.39 is 11.6 Å². The Morgan fingerprint density at radius 3 is 1.49 bits per heavy atom. The number of rotatable bonds is 25. The number of nitrogens with one attached hydrogen (secondary N) is 6. The summed E-state index contributed by atoms with van der Waals surface area (Å²) < 4.78 is 20.4. The van der Waals surface area contributed by atoms with Crippen LogP contribution in [0.4, 0.5) is 16.2 Å². The molecule has 0 aliphatic carbocycles. The number of nitrogens with two attached hydrogens (primary N) is 1. The highest BCUT2D eigenvalue weighted by Crippen LogP contribution is 2.34. The van der Waals surface area contributed by atoms with Crippen LogP contribution in [0.1, 0.15) is 174 Å². The number of piperazine rings is 2. The van der Waals surface area contributed by atoms with Crippen molar-refractivity contribution in [3.05, 3.63) is 213 Å². The first-order valence-corrected chi connectivity index (χ1v) is 40.8. The standard InChI is InChI=1S/C42H51N9O3.C24H29N5O4.C23H32N4O2/c1-4-37-35(39(48-34-13-18-54-19-14-34)36-25-47-51(5-2)40(36)49-37)24-46-42(53)33-11-7-10-32(22-33)41(52)45-23-29-12-15-44-38(21-29)31-9-6-8-30(20-31)27-50-17-16-43-28(3)26-50;1-3-20-18(13-25-23(30)15-6-5-7-16(12-15)24(31)32)21(27-17-8-10-33-11-9-17)19-14-26-29(4-2)22(19)28-20;1-17-15-26(10-11-27(17)22(28)29-23(2,3)4)16-19-6-5-7-20(12-19)21-13-18(14-24)8-9-25-21/h6-12,15,20-22,25,28,34,43H,4-5,13-14,16-19,23-24,26-27H2,1-3H3,(H,45,52)(H,46,53)(H,48,49);5-7,12,14,17H,3-4,8-11,13H2,1-2H3,(H,25,30)(H,27,28)(H,31,32);5-9,12-13,17H,10-11,14-16,24H2,1-4H3/t28-;;17-/m0.0/s1. The third-order valence-corrected chi connectivity index (χ3v) is 21.4. The summed E-state index contributed by atoms with van der Waals surface area (Å²) in [6, 6.07) is 38.9. The molecule has 4 aliphatic heterocycles. The van der Waals surface area contributed by atoms with E-state index in [0.29, 0.717) is 94.7 Å². The maximum Gasteiger partial charge on any atom is 0.410 e. The van der Waals surface area contributed by atoms with Crippen LogP contribution in [0, 0.1) is 0 Å². The predicted molar refractivity (Wildman–Crippen MR) is 451 cm³/mol. The zero-order chi connectivity index (χ0) is 81.8. The molecule has 4 aromatic carbocycles. The molecule has 2 atom stereocenters. The number of carboxylic acids is 1. The molecule has 0 radical (unpaired) electrons. The fraction of sp³-hybridized carbons (Fsp3) is 0.427. The third-order valence-electron chi connectivity index (χ3n) is 21.4. The van der Waals surface area contributed by atoms with Gasteiger partial charge in [0.05, 0.1) is 51.5 Å². The summed E-state index contributed by atoms with van der Waals surface area (Å²) in [6.45, 7) is 31.0. The molecular weight excluding hydrogens is 1470 g/mol. The van der Waals surface area contributed by atoms with E-state index in [0.717, 1.165) is 161 Å². The number of aromatic carboxylic acids is 1. The number of aryl methyl sites for hydroxylation is 4. The smallest absolute Gasteiger partial charge is 0.410 e. The number of ether oxygens (including phenoxy) is 3. The van der Waals surface area contributed by atoms with Gasteiger partial charge in [-0.2, -0.15) is 10.2 Å². The number of carbonyl (C=O) groups is 5. The Balaban J connectivity index is 0.000000172. The molecule has 14 rings (SSSR count). The van der Waals surface area contributed by atoms with Crippen LogP contribution in [-0.4, -0.2) is 185 Å². The van der Waals surface area contributed by atoms with Gasteiger partial charge in [0.1, 0.15) is 5.60 Å². The molecular formula is C89H112N18O9. The van der Waals surface area contributed by atoms with Gasteiger partial charge in [-0.3, -0.25) is 34.2 Å². The molecule has 0 saturated carbocycles. The zero-order valence-electron chi connectivity index (χ0n) is 68.3. The Morgan fingerprint density at radius 1 is 0.560 bits per heavy atom. The van der Waals surface area contributed by atoms with Gasteiger partial charge in [0.25, 0.3) is 17.7 Å². The molecule has 27 heteroatoms. The first-order valence-electron chi connectivity index (χ1n) is 40.8. The lowest BCUT2D eigenvalue weighted by Crippen LogP contribution is -2.54. The summed E-state index contributed by atoms with van der Waals surface area (Å²) in [5.41, 5.74) is 22.2. The lowest BCUT2D eigenvalue weighted by molar-refractivity contribution is 0.000506. The molecule has 4 amide bonds. The van der Waals surface area contributed by atoms with Crippen LogP contribution in [-0.2, 0) is 79.4 Å². The van der Waals surface area contributed by atoms with Crippen molar-refractivity contribution in [3.8, 4) is 22.5 Å². The predicted octanol–water partition coefficient (Wildman–Crippen LogP) is 12.2. The van der Waals surface area contributed by atoms with Crippen LogP contribution >= 0.6 is 0 Å². The second-order valence-corrected chi connectivity index (χ2v) is 31.1. The first-order chi connectivity index (χ1) is 56.1. The van der Waals surface area contributed by atoms with Crippen LogP contribution in [0.25, 0.3) is 44.6 Å². The van der Waals surface area contributed by atoms with Crippen molar-refractivity contribution >= 4 is 63.2 Å². The van der Waals surface area contributed by atoms with Crippen LogP contribution < -0.4 is 37.6 Å². The van der Waals surface area contributed by atoms with E-state index in [9.17, 15) is 29.1 Å². The summed E-state index contributed by atoms with van der Waals surface area (Å²) in [6.07, 6.45) is 12.1. The Bertz CT molecular complexity index is 5050. The minimum atomic E-state index is -1.07. The minimum absolute atomic E-state index is 0.0776. The number of benzene rings is 4. The number of carboxylic acid groups (broad SMARTS) is 1. The van der Waals surface area contributed by atoms with Crippen molar-refractivity contribution in [3.63, 3.8) is 0 Å². The highest BCUT2D eigenvalue weighted by molar-refractivity contribution is 6.01. The van der Waals surface area contributed by atoms with E-state index in [4.69, 9.17) is 29.9 Å². The van der Waals surface area contributed by atoms with Crippen molar-refractivity contribution in [2.24, 2.45) is 5.73 Å². The lowest BCUT2D eigenvalue weighted by Gasteiger charge is -2.40. The summed E-state index contributed by atoms with van der Waals surface area (Å²) >= 11 is 0. The van der Waals surface area contributed by atoms with Gasteiger partial charge in [0.2, 0.25) is 0 Å². The number of pyridine rings is 4. The number of fused-ring (bicyclic) bond motifs is 2. The number of hydrogen-bond acceptors (Lipinski definition) is 20. The van der Waals surface area contributed by atoms with Crippen LogP contribution in [0.5, 0.6) is 0 Å². The molecule has 4 saturated heterocycles. The van der Waals surface area contributed by atoms with Gasteiger partial charge in [0.15, 0.2) is 11.3 Å². The zero-order valence-corrected chi connectivity index (χ0v) is 68.3. The molecule has 0 unspecified atom stereocenters. The molecule has 0 spiro atoms. The Labute approximate surface area is 679 Å². The highest BCUT2D eigenvalue weighted by atomic mass is 16.6. The maximum absolute atomic E-state index is 13.6. The van der Waals surface area contributed by atoms with Gasteiger partial charge >= 0.3 is 12.1 Å². The second-order valence-electron chi connectivity index (χ2n) is 31.1. The molecule has 6 aromatic heterocycles. The number of nitrogens with zero attached hydrogens (tertiary/aromatic N) is 11. The van der Waals surface area contributed by atoms with Gasteiger partial charge in [0, 0.05) is 205 Å². The number of carbonyl (C=O) groups excluding carboxylic acids is 4. The normalized spacial score (nSPS) is 16.3. The molecule has 116 heavy (non-hydrogen) atoms. The first kappa shape index (κ1) is 84.3. The molecule has 10 heterocycles. The molecule has 4 aliphatic rings. The topological polar surface area (TPSA) is 328 Å². The molecule has 27 nitrogen and oxygen atoms in total. The van der Waals surface area contributed by atoms with E-state index >= 15 is 0 Å². The van der Waals surface area contributed by atoms with Gasteiger partial charge in [-0.1, -0.05) is 62.4 Å². The molecule has 612 valence electrons. The average Bonchev–Trinajstić information content (AvgIpc) is 1.63. The van der Waals surface area contributed by atoms with Crippen LogP contribution in [0.3, 0.4) is 0 Å². The van der Waals surface area contributed by atoms with Gasteiger partial charge in [-0.05, 0) is 182 Å². The fourth-order valence-electron chi connectivity index (χ4n) is 15.2. The number of hydrogen-bond donors (Lipinski definition) is 8.